The third kappa shape index (κ3) is 2.07. The topological polar surface area (TPSA) is 57.6 Å². The quantitative estimate of drug-likeness (QED) is 0.868. The number of nitrogens with zero attached hydrogens (tertiary/aromatic N) is 1. The Labute approximate surface area is 114 Å². The minimum atomic E-state index is -4.84. The molecule has 1 amide bonds. The minimum absolute atomic E-state index is 0.135. The van der Waals surface area contributed by atoms with Gasteiger partial charge in [-0.1, -0.05) is 13.8 Å². The van der Waals surface area contributed by atoms with Crippen LogP contribution in [0.2, 0.25) is 0 Å². The molecule has 114 valence electrons. The van der Waals surface area contributed by atoms with Gasteiger partial charge in [-0.2, -0.15) is 13.2 Å². The zero-order valence-corrected chi connectivity index (χ0v) is 11.5. The van der Waals surface area contributed by atoms with Crippen molar-refractivity contribution >= 4 is 11.9 Å². The summed E-state index contributed by atoms with van der Waals surface area (Å²) in [5.41, 5.74) is -2.94. The van der Waals surface area contributed by atoms with Gasteiger partial charge in [-0.25, -0.2) is 0 Å². The highest BCUT2D eigenvalue weighted by molar-refractivity contribution is 5.85. The van der Waals surface area contributed by atoms with Gasteiger partial charge in [0.15, 0.2) is 5.41 Å². The van der Waals surface area contributed by atoms with Crippen LogP contribution in [0.3, 0.4) is 0 Å². The first kappa shape index (κ1) is 15.1. The fraction of sp³-hybridized carbons (Fsp3) is 0.846. The van der Waals surface area contributed by atoms with Crippen molar-refractivity contribution in [1.29, 1.82) is 0 Å². The van der Waals surface area contributed by atoms with Gasteiger partial charge >= 0.3 is 12.1 Å². The van der Waals surface area contributed by atoms with Crippen molar-refractivity contribution in [1.82, 2.24) is 4.90 Å². The molecule has 3 unspecified atom stereocenters. The highest BCUT2D eigenvalue weighted by Crippen LogP contribution is 2.56. The van der Waals surface area contributed by atoms with E-state index in [0.29, 0.717) is 6.42 Å². The first-order chi connectivity index (χ1) is 9.07. The van der Waals surface area contributed by atoms with Crippen LogP contribution < -0.4 is 0 Å². The molecule has 2 rings (SSSR count). The number of hydrogen-bond donors (Lipinski definition) is 1. The summed E-state index contributed by atoms with van der Waals surface area (Å²) in [4.78, 5) is 24.3. The van der Waals surface area contributed by atoms with Crippen molar-refractivity contribution in [2.24, 2.45) is 16.7 Å². The lowest BCUT2D eigenvalue weighted by Crippen LogP contribution is -2.48. The van der Waals surface area contributed by atoms with Crippen molar-refractivity contribution in [3.63, 3.8) is 0 Å². The third-order valence-corrected chi connectivity index (χ3v) is 4.99. The summed E-state index contributed by atoms with van der Waals surface area (Å²) >= 11 is 0. The van der Waals surface area contributed by atoms with E-state index in [9.17, 15) is 22.8 Å². The molecule has 1 aliphatic carbocycles. The molecule has 7 heteroatoms. The van der Waals surface area contributed by atoms with E-state index in [1.165, 1.54) is 0 Å². The predicted octanol–water partition coefficient (Wildman–Crippen LogP) is 2.29. The summed E-state index contributed by atoms with van der Waals surface area (Å²) in [5.74, 6) is -2.48. The molecule has 1 saturated heterocycles. The molecule has 0 aromatic carbocycles. The lowest BCUT2D eigenvalue weighted by atomic mass is 9.86. The Morgan fingerprint density at radius 3 is 2.35 bits per heavy atom. The number of alkyl halides is 3. The summed E-state index contributed by atoms with van der Waals surface area (Å²) in [6.45, 7) is 2.97. The first-order valence-electron chi connectivity index (χ1n) is 6.66. The van der Waals surface area contributed by atoms with Gasteiger partial charge < -0.3 is 10.0 Å². The SMILES string of the molecule is CCC1(C)CC1C(=O)N1CCC(C(=O)O)(C(F)(F)F)C1. The number of hydrogen-bond acceptors (Lipinski definition) is 2. The third-order valence-electron chi connectivity index (χ3n) is 4.99. The lowest BCUT2D eigenvalue weighted by Gasteiger charge is -2.27. The van der Waals surface area contributed by atoms with Gasteiger partial charge in [0.2, 0.25) is 5.91 Å². The van der Waals surface area contributed by atoms with Crippen molar-refractivity contribution in [3.05, 3.63) is 0 Å². The van der Waals surface area contributed by atoms with Crippen molar-refractivity contribution < 1.29 is 27.9 Å². The average Bonchev–Trinajstić information content (AvgIpc) is 2.83. The van der Waals surface area contributed by atoms with Crippen LogP contribution in [0.1, 0.15) is 33.1 Å². The predicted molar refractivity (Wildman–Crippen MR) is 63.8 cm³/mol. The molecule has 1 heterocycles. The monoisotopic (exact) mass is 293 g/mol. The van der Waals surface area contributed by atoms with Gasteiger partial charge in [0.05, 0.1) is 0 Å². The number of amides is 1. The van der Waals surface area contributed by atoms with Crippen molar-refractivity contribution in [3.8, 4) is 0 Å². The lowest BCUT2D eigenvalue weighted by molar-refractivity contribution is -0.227. The zero-order chi connectivity index (χ0) is 15.3. The molecule has 1 N–H and O–H groups in total. The highest BCUT2D eigenvalue weighted by atomic mass is 19.4. The van der Waals surface area contributed by atoms with E-state index in [1.807, 2.05) is 13.8 Å². The molecule has 0 bridgehead atoms. The number of carboxylic acid groups (broad SMARTS) is 1. The summed E-state index contributed by atoms with van der Waals surface area (Å²) in [6, 6.07) is 0. The van der Waals surface area contributed by atoms with Gasteiger partial charge in [0.25, 0.3) is 0 Å². The second kappa shape index (κ2) is 4.36. The average molecular weight is 293 g/mol. The van der Waals surface area contributed by atoms with Crippen LogP contribution in [0.15, 0.2) is 0 Å². The van der Waals surface area contributed by atoms with Crippen LogP contribution in [0.4, 0.5) is 13.2 Å². The number of likely N-dealkylation sites (tertiary alicyclic amines) is 1. The van der Waals surface area contributed by atoms with Crippen LogP contribution in [0, 0.1) is 16.7 Å². The Hall–Kier alpha value is -1.27. The van der Waals surface area contributed by atoms with E-state index in [0.717, 1.165) is 11.3 Å². The van der Waals surface area contributed by atoms with E-state index in [4.69, 9.17) is 5.11 Å². The Morgan fingerprint density at radius 1 is 1.40 bits per heavy atom. The van der Waals surface area contributed by atoms with Crippen LogP contribution in [-0.2, 0) is 9.59 Å². The zero-order valence-electron chi connectivity index (χ0n) is 11.5. The summed E-state index contributed by atoms with van der Waals surface area (Å²) in [7, 11) is 0. The maximum atomic E-state index is 13.0. The summed E-state index contributed by atoms with van der Waals surface area (Å²) in [6.07, 6.45) is -3.94. The highest BCUT2D eigenvalue weighted by Gasteiger charge is 2.65. The maximum Gasteiger partial charge on any atom is 0.406 e. The molecule has 0 radical (unpaired) electrons. The molecular weight excluding hydrogens is 275 g/mol. The number of carbonyl (C=O) groups excluding carboxylic acids is 1. The molecule has 1 aliphatic heterocycles. The Morgan fingerprint density at radius 2 is 2.00 bits per heavy atom. The van der Waals surface area contributed by atoms with Crippen LogP contribution in [0.5, 0.6) is 0 Å². The molecule has 0 spiro atoms. The Bertz CT molecular complexity index is 451. The van der Waals surface area contributed by atoms with E-state index >= 15 is 0 Å². The largest absolute Gasteiger partial charge is 0.481 e. The second-order valence-electron chi connectivity index (χ2n) is 6.16. The van der Waals surface area contributed by atoms with Gasteiger partial charge in [-0.15, -0.1) is 0 Å². The van der Waals surface area contributed by atoms with Crippen LogP contribution >= 0.6 is 0 Å². The van der Waals surface area contributed by atoms with Gasteiger partial charge in [0.1, 0.15) is 0 Å². The molecule has 3 atom stereocenters. The normalized spacial score (nSPS) is 37.0. The molecule has 1 saturated carbocycles. The summed E-state index contributed by atoms with van der Waals surface area (Å²) < 4.78 is 39.1. The first-order valence-corrected chi connectivity index (χ1v) is 6.66. The molecular formula is C13H18F3NO3. The number of halogens is 3. The maximum absolute atomic E-state index is 13.0. The van der Waals surface area contributed by atoms with Gasteiger partial charge in [-0.05, 0) is 24.7 Å². The Balaban J connectivity index is 2.12. The van der Waals surface area contributed by atoms with Crippen molar-refractivity contribution in [2.75, 3.05) is 13.1 Å². The molecule has 2 aliphatic rings. The van der Waals surface area contributed by atoms with E-state index < -0.39 is 30.5 Å². The number of carboxylic acids is 1. The standard InChI is InChI=1S/C13H18F3NO3/c1-3-11(2)6-8(11)9(18)17-5-4-12(7-17,10(19)20)13(14,15)16/h8H,3-7H2,1-2H3,(H,19,20). The summed E-state index contributed by atoms with van der Waals surface area (Å²) in [5, 5.41) is 8.94. The Kier molecular flexibility index (Phi) is 3.30. The molecule has 4 nitrogen and oxygen atoms in total. The minimum Gasteiger partial charge on any atom is -0.481 e. The van der Waals surface area contributed by atoms with Crippen LogP contribution in [-0.4, -0.2) is 41.1 Å². The number of aliphatic carboxylic acids is 1. The molecule has 0 aromatic heterocycles. The van der Waals surface area contributed by atoms with Crippen LogP contribution in [0.25, 0.3) is 0 Å². The number of rotatable bonds is 3. The fourth-order valence-electron chi connectivity index (χ4n) is 2.93. The molecule has 20 heavy (non-hydrogen) atoms. The van der Waals surface area contributed by atoms with Gasteiger partial charge in [-0.3, -0.25) is 9.59 Å². The fourth-order valence-corrected chi connectivity index (χ4v) is 2.93. The van der Waals surface area contributed by atoms with Gasteiger partial charge in [0, 0.05) is 19.0 Å². The van der Waals surface area contributed by atoms with E-state index in [-0.39, 0.29) is 23.8 Å². The number of carbonyl (C=O) groups is 2. The smallest absolute Gasteiger partial charge is 0.406 e. The van der Waals surface area contributed by atoms with Crippen molar-refractivity contribution in [2.45, 2.75) is 39.3 Å². The second-order valence-corrected chi connectivity index (χ2v) is 6.16. The van der Waals surface area contributed by atoms with E-state index in [1.54, 1.807) is 0 Å². The molecule has 0 aromatic rings. The van der Waals surface area contributed by atoms with E-state index in [2.05, 4.69) is 0 Å². The molecule has 2 fully saturated rings.